The average molecular weight is 2080 g/mol. The van der Waals surface area contributed by atoms with Crippen molar-refractivity contribution in [1.82, 2.24) is 68.7 Å². The van der Waals surface area contributed by atoms with Gasteiger partial charge in [-0.25, -0.2) is 8.37 Å². The van der Waals surface area contributed by atoms with Crippen molar-refractivity contribution in [3.8, 4) is 11.5 Å². The Morgan fingerprint density at radius 1 is 0.419 bits per heavy atom. The number of benzene rings is 4. The quantitative estimate of drug-likeness (QED) is 0.0201. The van der Waals surface area contributed by atoms with Crippen LogP contribution in [0.5, 0.6) is 11.5 Å². The maximum Gasteiger partial charge on any atom is 0.449 e. The summed E-state index contributed by atoms with van der Waals surface area (Å²) in [5.74, 6) is -25.3. The van der Waals surface area contributed by atoms with Crippen molar-refractivity contribution in [3.63, 3.8) is 0 Å². The monoisotopic (exact) mass is 2070 g/mol. The van der Waals surface area contributed by atoms with Crippen molar-refractivity contribution in [2.24, 2.45) is 17.4 Å². The number of carboxylic acid groups (broad SMARTS) is 4. The molecule has 15 atom stereocenters. The van der Waals surface area contributed by atoms with Gasteiger partial charge < -0.3 is 119 Å². The van der Waals surface area contributed by atoms with E-state index in [1.807, 2.05) is 0 Å². The smallest absolute Gasteiger partial charge is 0.449 e. The number of alkyl halides is 6. The number of aliphatic carboxylic acids is 4. The third kappa shape index (κ3) is 41.1. The number of aliphatic hydroxyl groups excluding tert-OH is 2. The number of carbonyl (C=O) groups excluding carboxylic acids is 14. The minimum atomic E-state index is -5.01. The average Bonchev–Trinajstić information content (AvgIpc) is 1.50. The summed E-state index contributed by atoms with van der Waals surface area (Å²) in [6.07, 6.45) is -10.6. The second-order valence-corrected chi connectivity index (χ2v) is 38.7. The summed E-state index contributed by atoms with van der Waals surface area (Å²) in [6, 6.07) is -0.208. The molecule has 1 fully saturated rings. The Morgan fingerprint density at radius 2 is 0.750 bits per heavy atom. The van der Waals surface area contributed by atoms with Crippen LogP contribution < -0.4 is 83.6 Å². The van der Waals surface area contributed by atoms with Crippen LogP contribution in [0.3, 0.4) is 0 Å². The molecule has 0 saturated carbocycles. The van der Waals surface area contributed by atoms with Gasteiger partial charge in [0.1, 0.15) is 97.2 Å². The Bertz CT molecular complexity index is 5150. The third-order valence-electron chi connectivity index (χ3n) is 19.7. The summed E-state index contributed by atoms with van der Waals surface area (Å²) in [4.78, 5) is 247. The lowest BCUT2D eigenvalue weighted by atomic mass is 10.0. The molecule has 0 aliphatic carbocycles. The maximum absolute atomic E-state index is 15.1. The van der Waals surface area contributed by atoms with Crippen LogP contribution in [0.4, 0.5) is 0 Å². The van der Waals surface area contributed by atoms with E-state index in [4.69, 9.17) is 94.5 Å². The number of hydrogen-bond acceptors (Lipinski definition) is 29. The van der Waals surface area contributed by atoms with Crippen LogP contribution in [0.1, 0.15) is 108 Å². The van der Waals surface area contributed by atoms with Gasteiger partial charge in [0.05, 0.1) is 37.6 Å². The van der Waals surface area contributed by atoms with Crippen LogP contribution in [0, 0.1) is 5.92 Å². The number of carboxylic acids is 4. The number of rotatable bonds is 55. The van der Waals surface area contributed by atoms with Gasteiger partial charge in [-0.3, -0.25) is 86.3 Å². The Hall–Kier alpha value is -11.6. The minimum Gasteiger partial charge on any atom is -0.481 e. The summed E-state index contributed by atoms with van der Waals surface area (Å²) >= 11 is 33.8. The van der Waals surface area contributed by atoms with Crippen molar-refractivity contribution in [2.75, 3.05) is 26.3 Å². The molecule has 1 heterocycles. The number of carbonyl (C=O) groups is 18. The number of aliphatic hydroxyl groups is 2. The van der Waals surface area contributed by atoms with Gasteiger partial charge in [-0.15, -0.1) is 0 Å². The van der Waals surface area contributed by atoms with E-state index >= 15 is 14.4 Å². The van der Waals surface area contributed by atoms with E-state index in [2.05, 4.69) is 72.2 Å². The van der Waals surface area contributed by atoms with E-state index in [0.29, 0.717) is 12.0 Å². The lowest BCUT2D eigenvalue weighted by molar-refractivity contribution is -0.142. The first-order valence-corrected chi connectivity index (χ1v) is 46.1. The summed E-state index contributed by atoms with van der Waals surface area (Å²) < 4.78 is 65.2. The molecule has 14 amide bonds. The van der Waals surface area contributed by atoms with Crippen molar-refractivity contribution in [1.29, 1.82) is 0 Å². The zero-order chi connectivity index (χ0) is 102. The molecule has 748 valence electrons. The van der Waals surface area contributed by atoms with Gasteiger partial charge in [0.2, 0.25) is 90.3 Å². The first-order valence-electron chi connectivity index (χ1n) is 41.2. The van der Waals surface area contributed by atoms with E-state index in [1.165, 1.54) is 69.3 Å². The van der Waals surface area contributed by atoms with Crippen LogP contribution in [-0.2, 0) is 141 Å². The summed E-state index contributed by atoms with van der Waals surface area (Å²) in [6.45, 7) is 3.25. The van der Waals surface area contributed by atoms with Crippen molar-refractivity contribution >= 4 is 197 Å². The molecule has 1 aliphatic heterocycles. The van der Waals surface area contributed by atoms with Crippen LogP contribution in [0.15, 0.2) is 109 Å². The molecule has 47 nitrogen and oxygen atoms in total. The Labute approximate surface area is 807 Å². The zero-order valence-corrected chi connectivity index (χ0v) is 79.1. The number of nitrogens with one attached hydrogen (secondary N) is 12. The number of nitrogens with zero attached hydrogens (tertiary/aromatic N) is 1. The van der Waals surface area contributed by atoms with Crippen LogP contribution >= 0.6 is 69.6 Å². The number of halogens is 6. The second kappa shape index (κ2) is 53.8. The molecule has 1 saturated heterocycles. The van der Waals surface area contributed by atoms with Gasteiger partial charge in [-0.1, -0.05) is 168 Å². The lowest BCUT2D eigenvalue weighted by Crippen LogP contribution is -2.64. The number of nitrogens with two attached hydrogens (primary N) is 2. The summed E-state index contributed by atoms with van der Waals surface area (Å²) in [7, 11) is -9.93. The Morgan fingerprint density at radius 3 is 1.12 bits per heavy atom. The molecule has 2 unspecified atom stereocenters. The molecule has 0 spiro atoms. The van der Waals surface area contributed by atoms with Crippen LogP contribution in [0.25, 0.3) is 0 Å². The van der Waals surface area contributed by atoms with Crippen LogP contribution in [-0.4, -0.2) is 284 Å². The SMILES string of the molecule is CC(C)[C@H](NC(=O)[C@H](CCC(=O)O)NC(=O)[C@@H](N)CCC(=O)O)C(=O)N[C@H](C(=O)N[C@H](C(=O)N[C@@H](Cc1ccccc1)C(=O)N[C@@H](Cc1ccccc1)C(=O)N[C@@H](CC(=O)O)C(=O)N[C@@H](Cc1ccc(OS(=O)(=O)OCC(Cl)(Cl)Cl)cc1)C(=O)N[C@@H](CC(=O)O)C(=O)N[C@@H](Cc1ccc(OS(=O)(=O)OCC(Cl)(Cl)Cl)cc1)C(=O)NCC(=O)N[C@@H](C)C(=O)N1CCC[C@H]1C(N)=O)C(C)O)C(C)O. The molecule has 4 aromatic carbocycles. The van der Waals surface area contributed by atoms with Gasteiger partial charge in [0.15, 0.2) is 0 Å². The van der Waals surface area contributed by atoms with E-state index in [9.17, 15) is 114 Å². The summed E-state index contributed by atoms with van der Waals surface area (Å²) in [5, 5.41) is 88.9. The molecule has 4 aromatic rings. The number of primary amides is 1. The van der Waals surface area contributed by atoms with Crippen molar-refractivity contribution in [2.45, 2.75) is 210 Å². The zero-order valence-electron chi connectivity index (χ0n) is 72.9. The molecule has 22 N–H and O–H groups in total. The van der Waals surface area contributed by atoms with Gasteiger partial charge in [0.25, 0.3) is 0 Å². The Kier molecular flexibility index (Phi) is 45.4. The maximum atomic E-state index is 15.1. The van der Waals surface area contributed by atoms with E-state index in [0.717, 1.165) is 67.3 Å². The fourth-order valence-electron chi connectivity index (χ4n) is 12.9. The largest absolute Gasteiger partial charge is 0.481 e. The highest BCUT2D eigenvalue weighted by molar-refractivity contribution is 7.82. The van der Waals surface area contributed by atoms with E-state index in [-0.39, 0.29) is 29.7 Å². The second-order valence-electron chi connectivity index (χ2n) is 31.2. The first kappa shape index (κ1) is 115. The van der Waals surface area contributed by atoms with Gasteiger partial charge >= 0.3 is 44.7 Å². The first-order chi connectivity index (χ1) is 63.4. The number of hydrogen-bond donors (Lipinski definition) is 20. The highest BCUT2D eigenvalue weighted by Crippen LogP contribution is 2.29. The highest BCUT2D eigenvalue weighted by Gasteiger charge is 2.42. The minimum absolute atomic E-state index is 0.0416. The molecular weight excluding hydrogens is 1970 g/mol. The predicted octanol–water partition coefficient (Wildman–Crippen LogP) is -2.65. The molecule has 0 aromatic heterocycles. The normalized spacial score (nSPS) is 15.8. The fraction of sp³-hybridized carbons (Fsp3) is 0.481. The molecular formula is C81H103Cl6N15O32S2. The molecule has 1 aliphatic rings. The molecule has 0 bridgehead atoms. The van der Waals surface area contributed by atoms with Gasteiger partial charge in [-0.05, 0) is 98.9 Å². The topological polar surface area (TPSA) is 733 Å². The van der Waals surface area contributed by atoms with Crippen molar-refractivity contribution < 1.29 is 151 Å². The molecule has 136 heavy (non-hydrogen) atoms. The molecule has 55 heteroatoms. The van der Waals surface area contributed by atoms with E-state index < -0.39 is 327 Å². The standard InChI is InChI=1S/C81H103Cl6N15O32S2/c1-40(2)64(99-70(117)51(27-29-61(108)109)92-68(115)50(88)26-28-60(106)107)76(123)100-66(43(5)104)78(125)101-65(42(4)103)77(124)98-55(32-45-15-10-7-11-16-45)73(120)94-53(31-44-13-8-6-9-14-44)71(118)97-57(36-63(112)113)75(122)95-54(34-47-20-24-49(25-21-47)134-136(129,130)132-39-81(85,86)87)72(119)96-56(35-62(110)111)74(121)93-52(33-46-18-22-48(23-19-46)133-135(127,128)131-38-80(82,83)84)69(116)90-37-59(105)91-41(3)79(126)102-30-12-17-58(102)67(89)114/h6-11,13-16,18-25,40-43,50-58,64-66,103-104H,12,17,26-39,88H2,1-5H3,(H2,89,114)(H,90,116)(H,91,105)(H,92,115)(H,93,121)(H,94,120)(H,95,122)(H,96,119)(H,97,118)(H,98,124)(H,99,117)(H,100,123)(H,101,125)(H,106,107)(H,108,109)(H,110,111)(H,112,113)/t41-,42?,43?,50-,51-,52-,53-,54-,55-,56-,57-,58-,64-,65-,66-/m0/s1. The fourth-order valence-corrected chi connectivity index (χ4v) is 15.0. The molecule has 0 radical (unpaired) electrons. The molecule has 5 rings (SSSR count). The highest BCUT2D eigenvalue weighted by atomic mass is 35.6. The number of amides is 14. The predicted molar refractivity (Wildman–Crippen MR) is 480 cm³/mol. The van der Waals surface area contributed by atoms with Crippen molar-refractivity contribution in [3.05, 3.63) is 131 Å². The summed E-state index contributed by atoms with van der Waals surface area (Å²) in [5.41, 5.74) is 11.8. The number of likely N-dealkylation sites (tertiary alicyclic amines) is 1. The van der Waals surface area contributed by atoms with Crippen LogP contribution in [0.2, 0.25) is 0 Å². The lowest BCUT2D eigenvalue weighted by Gasteiger charge is -2.30. The Balaban J connectivity index is 1.51. The van der Waals surface area contributed by atoms with E-state index in [1.54, 1.807) is 12.1 Å². The third-order valence-corrected chi connectivity index (χ3v) is 21.9. The van der Waals surface area contributed by atoms with Gasteiger partial charge in [-0.2, -0.15) is 16.8 Å². The van der Waals surface area contributed by atoms with Gasteiger partial charge in [0, 0.05) is 45.1 Å².